The van der Waals surface area contributed by atoms with Crippen molar-refractivity contribution >= 4 is 107 Å². The zero-order valence-electron chi connectivity index (χ0n) is 30.9. The van der Waals surface area contributed by atoms with Crippen LogP contribution >= 0.6 is 22.7 Å². The molecule has 0 radical (unpaired) electrons. The van der Waals surface area contributed by atoms with Crippen molar-refractivity contribution in [3.8, 4) is 22.5 Å². The molecule has 12 rings (SSSR count). The molecule has 0 fully saturated rings. The van der Waals surface area contributed by atoms with E-state index in [1.54, 1.807) is 48.5 Å². The van der Waals surface area contributed by atoms with Crippen LogP contribution in [0.3, 0.4) is 0 Å². The van der Waals surface area contributed by atoms with E-state index in [1.807, 2.05) is 72.8 Å². The second-order valence-electron chi connectivity index (χ2n) is 14.9. The lowest BCUT2D eigenvalue weighted by Gasteiger charge is -2.23. The van der Waals surface area contributed by atoms with Gasteiger partial charge in [-0.05, 0) is 42.0 Å². The standard InChI is InChI=1S/C49H22F8N2S2/c50-40-38(41(51)43(53)44(54)42(40)52)23-21-34(58-32-13-5-1-9-24(32)28-17-19-30-26-11-3-7-15-36(26)60-47(30)45(28)58)39(49(55,56)57)35(22-23)59-33-14-6-2-10-25(33)29-18-20-31-27-12-4-8-16-37(27)61-48(31)46(29)59/h1-22H. The minimum atomic E-state index is -5.16. The molecule has 61 heavy (non-hydrogen) atoms. The molecule has 4 aromatic heterocycles. The number of rotatable bonds is 3. The highest BCUT2D eigenvalue weighted by Crippen LogP contribution is 2.50. The Morgan fingerprint density at radius 2 is 0.770 bits per heavy atom. The van der Waals surface area contributed by atoms with Crippen molar-refractivity contribution < 1.29 is 35.1 Å². The van der Waals surface area contributed by atoms with Gasteiger partial charge in [0.05, 0.1) is 48.4 Å². The highest BCUT2D eigenvalue weighted by Gasteiger charge is 2.41. The van der Waals surface area contributed by atoms with E-state index in [9.17, 15) is 4.39 Å². The molecule has 0 aliphatic carbocycles. The molecule has 0 aliphatic rings. The number of nitrogens with zero attached hydrogens (tertiary/aromatic N) is 2. The number of hydrogen-bond donors (Lipinski definition) is 0. The van der Waals surface area contributed by atoms with E-state index in [1.165, 1.54) is 31.8 Å². The minimum Gasteiger partial charge on any atom is -0.307 e. The van der Waals surface area contributed by atoms with Gasteiger partial charge in [-0.25, -0.2) is 22.0 Å². The third kappa shape index (κ3) is 4.88. The van der Waals surface area contributed by atoms with Crippen molar-refractivity contribution in [3.05, 3.63) is 168 Å². The van der Waals surface area contributed by atoms with Crippen LogP contribution in [0.2, 0.25) is 0 Å². The maximum Gasteiger partial charge on any atom is 0.420 e. The predicted molar refractivity (Wildman–Crippen MR) is 231 cm³/mol. The lowest BCUT2D eigenvalue weighted by molar-refractivity contribution is -0.137. The van der Waals surface area contributed by atoms with Gasteiger partial charge in [0.2, 0.25) is 5.82 Å². The molecule has 2 nitrogen and oxygen atoms in total. The van der Waals surface area contributed by atoms with Gasteiger partial charge < -0.3 is 9.13 Å². The Morgan fingerprint density at radius 3 is 1.21 bits per heavy atom. The quantitative estimate of drug-likeness (QED) is 0.0952. The lowest BCUT2D eigenvalue weighted by atomic mass is 9.97. The molecule has 4 heterocycles. The van der Waals surface area contributed by atoms with Crippen LogP contribution in [0.5, 0.6) is 0 Å². The first-order valence-corrected chi connectivity index (χ1v) is 20.6. The van der Waals surface area contributed by atoms with E-state index >= 15 is 30.7 Å². The van der Waals surface area contributed by atoms with E-state index in [0.717, 1.165) is 43.1 Å². The first-order chi connectivity index (χ1) is 29.5. The van der Waals surface area contributed by atoms with Crippen LogP contribution in [-0.4, -0.2) is 9.13 Å². The van der Waals surface area contributed by atoms with Crippen LogP contribution in [0.4, 0.5) is 35.1 Å². The summed E-state index contributed by atoms with van der Waals surface area (Å²) in [5.41, 5.74) is -2.85. The maximum absolute atomic E-state index is 16.6. The number of halogens is 8. The molecule has 8 aromatic carbocycles. The average Bonchev–Trinajstić information content (AvgIpc) is 4.02. The fraction of sp³-hybridized carbons (Fsp3) is 0.0204. The molecule has 12 heteroatoms. The Balaban J connectivity index is 1.34. The van der Waals surface area contributed by atoms with Crippen molar-refractivity contribution in [1.29, 1.82) is 0 Å². The van der Waals surface area contributed by atoms with Gasteiger partial charge in [0, 0.05) is 52.5 Å². The van der Waals surface area contributed by atoms with E-state index in [4.69, 9.17) is 0 Å². The Morgan fingerprint density at radius 1 is 0.393 bits per heavy atom. The van der Waals surface area contributed by atoms with Gasteiger partial charge >= 0.3 is 6.18 Å². The molecule has 0 saturated heterocycles. The Hall–Kier alpha value is -6.76. The van der Waals surface area contributed by atoms with Gasteiger partial charge in [-0.3, -0.25) is 0 Å². The number of aromatic nitrogens is 2. The minimum absolute atomic E-state index is 0.336. The molecule has 296 valence electrons. The normalized spacial score (nSPS) is 12.6. The summed E-state index contributed by atoms with van der Waals surface area (Å²) in [5.74, 6) is -11.2. The summed E-state index contributed by atoms with van der Waals surface area (Å²) in [5, 5.41) is 5.71. The third-order valence-electron chi connectivity index (χ3n) is 11.7. The van der Waals surface area contributed by atoms with Gasteiger partial charge in [0.1, 0.15) is 5.56 Å². The summed E-state index contributed by atoms with van der Waals surface area (Å²) < 4.78 is 133. The van der Waals surface area contributed by atoms with Gasteiger partial charge in [-0.1, -0.05) is 97.1 Å². The third-order valence-corrected chi connectivity index (χ3v) is 14.1. The first-order valence-electron chi connectivity index (χ1n) is 19.0. The van der Waals surface area contributed by atoms with E-state index in [-0.39, 0.29) is 0 Å². The molecule has 0 saturated carbocycles. The molecule has 0 N–H and O–H groups in total. The molecular formula is C49H22F8N2S2. The number of hydrogen-bond acceptors (Lipinski definition) is 2. The summed E-state index contributed by atoms with van der Waals surface area (Å²) in [6.07, 6.45) is -5.16. The van der Waals surface area contributed by atoms with E-state index in [0.29, 0.717) is 53.0 Å². The average molecular weight is 855 g/mol. The molecule has 0 atom stereocenters. The topological polar surface area (TPSA) is 9.86 Å². The second-order valence-corrected chi connectivity index (χ2v) is 17.0. The zero-order valence-corrected chi connectivity index (χ0v) is 32.6. The highest BCUT2D eigenvalue weighted by atomic mass is 32.1. The fourth-order valence-electron chi connectivity index (χ4n) is 9.22. The molecule has 0 bridgehead atoms. The van der Waals surface area contributed by atoms with Gasteiger partial charge in [-0.2, -0.15) is 13.2 Å². The number of para-hydroxylation sites is 2. The van der Waals surface area contributed by atoms with Crippen molar-refractivity contribution in [3.63, 3.8) is 0 Å². The van der Waals surface area contributed by atoms with Crippen molar-refractivity contribution in [2.75, 3.05) is 0 Å². The zero-order chi connectivity index (χ0) is 41.6. The van der Waals surface area contributed by atoms with Crippen LogP contribution in [0.25, 0.3) is 106 Å². The Bertz CT molecular complexity index is 3650. The lowest BCUT2D eigenvalue weighted by Crippen LogP contribution is -2.16. The molecule has 12 aromatic rings. The largest absolute Gasteiger partial charge is 0.420 e. The SMILES string of the molecule is Fc1c(F)c(F)c(-c2cc(-n3c4ccccc4c4ccc5c6ccccc6sc5c43)c(C(F)(F)F)c(-n3c4ccccc4c4ccc5c6ccccc6sc5c43)c2)c(F)c1F. The van der Waals surface area contributed by atoms with E-state index in [2.05, 4.69) is 0 Å². The van der Waals surface area contributed by atoms with Crippen LogP contribution in [0, 0.1) is 29.1 Å². The first kappa shape index (κ1) is 36.1. The Labute approximate surface area is 346 Å². The summed E-state index contributed by atoms with van der Waals surface area (Å²) in [7, 11) is 0. The van der Waals surface area contributed by atoms with Crippen LogP contribution in [-0.2, 0) is 6.18 Å². The fourth-order valence-corrected chi connectivity index (χ4v) is 11.7. The number of benzene rings is 8. The van der Waals surface area contributed by atoms with Crippen LogP contribution < -0.4 is 0 Å². The molecule has 0 aliphatic heterocycles. The Kier molecular flexibility index (Phi) is 7.48. The van der Waals surface area contributed by atoms with Gasteiger partial charge in [0.15, 0.2) is 23.3 Å². The predicted octanol–water partition coefficient (Wildman–Crippen LogP) is 16.0. The second kappa shape index (κ2) is 12.6. The number of fused-ring (bicyclic) bond motifs is 14. The number of thiophene rings is 2. The maximum atomic E-state index is 16.6. The summed E-state index contributed by atoms with van der Waals surface area (Å²) in [6.45, 7) is 0. The number of alkyl halides is 3. The van der Waals surface area contributed by atoms with Crippen molar-refractivity contribution in [1.82, 2.24) is 9.13 Å². The van der Waals surface area contributed by atoms with Crippen molar-refractivity contribution in [2.24, 2.45) is 0 Å². The molecule has 0 amide bonds. The molecule has 0 unspecified atom stereocenters. The highest BCUT2D eigenvalue weighted by molar-refractivity contribution is 7.27. The molecular weight excluding hydrogens is 833 g/mol. The van der Waals surface area contributed by atoms with Gasteiger partial charge in [0.25, 0.3) is 0 Å². The summed E-state index contributed by atoms with van der Waals surface area (Å²) >= 11 is 2.76. The van der Waals surface area contributed by atoms with E-state index < -0.39 is 63.3 Å². The summed E-state index contributed by atoms with van der Waals surface area (Å²) in [4.78, 5) is 0. The molecule has 0 spiro atoms. The van der Waals surface area contributed by atoms with Crippen LogP contribution in [0.1, 0.15) is 5.56 Å². The monoisotopic (exact) mass is 854 g/mol. The van der Waals surface area contributed by atoms with Crippen LogP contribution in [0.15, 0.2) is 133 Å². The smallest absolute Gasteiger partial charge is 0.307 e. The van der Waals surface area contributed by atoms with Crippen molar-refractivity contribution in [2.45, 2.75) is 6.18 Å². The summed E-state index contributed by atoms with van der Waals surface area (Å²) in [6, 6.07) is 38.2. The van der Waals surface area contributed by atoms with Gasteiger partial charge in [-0.15, -0.1) is 22.7 Å².